The van der Waals surface area contributed by atoms with Gasteiger partial charge in [-0.3, -0.25) is 0 Å². The van der Waals surface area contributed by atoms with E-state index in [1.807, 2.05) is 0 Å². The Morgan fingerprint density at radius 1 is 1.08 bits per heavy atom. The highest BCUT2D eigenvalue weighted by atomic mass is 35.9. The van der Waals surface area contributed by atoms with Crippen LogP contribution in [0.5, 0.6) is 0 Å². The van der Waals surface area contributed by atoms with Crippen molar-refractivity contribution in [1.82, 2.24) is 0 Å². The predicted octanol–water partition coefficient (Wildman–Crippen LogP) is 7.38. The van der Waals surface area contributed by atoms with Crippen molar-refractivity contribution in [3.8, 4) is 0 Å². The topological polar surface area (TPSA) is 47.0 Å². The third kappa shape index (κ3) is 8.88. The lowest BCUT2D eigenvalue weighted by atomic mass is 13.9. The van der Waals surface area contributed by atoms with E-state index in [9.17, 15) is 0 Å². The molecule has 0 aliphatic heterocycles. The van der Waals surface area contributed by atoms with E-state index in [1.165, 1.54) is 0 Å². The molecule has 72 valence electrons. The third-order valence-corrected chi connectivity index (χ3v) is 8.38. The van der Waals surface area contributed by atoms with Gasteiger partial charge in [-0.2, -0.15) is 0 Å². The molecule has 12 heteroatoms. The SMILES string of the molecule is [N-]=P(Cl)(Cl)N=P(Cl)(Cl)N=[P+](Cl)Cl. The van der Waals surface area contributed by atoms with Crippen molar-refractivity contribution in [2.75, 3.05) is 0 Å². The Labute approximate surface area is 99.2 Å². The van der Waals surface area contributed by atoms with Crippen LogP contribution in [0.3, 0.4) is 0 Å². The number of hydrogen-bond acceptors (Lipinski definition) is 0. The van der Waals surface area contributed by atoms with Crippen LogP contribution in [-0.4, -0.2) is 0 Å². The Kier molecular flexibility index (Phi) is 6.44. The summed E-state index contributed by atoms with van der Waals surface area (Å²) in [6.45, 7) is 0. The van der Waals surface area contributed by atoms with Crippen LogP contribution in [0.15, 0.2) is 9.03 Å². The Hall–Kier alpha value is 2.30. The second-order valence-corrected chi connectivity index (χ2v) is 14.1. The van der Waals surface area contributed by atoms with Crippen molar-refractivity contribution >= 4 is 85.7 Å². The molecule has 0 fully saturated rings. The van der Waals surface area contributed by atoms with Crippen LogP contribution in [0.1, 0.15) is 0 Å². The minimum Gasteiger partial charge on any atom is -0.764 e. The molecule has 0 saturated carbocycles. The summed E-state index contributed by atoms with van der Waals surface area (Å²) in [6, 6.07) is 0. The molecule has 12 heavy (non-hydrogen) atoms. The summed E-state index contributed by atoms with van der Waals surface area (Å²) in [5, 5.41) is 8.86. The summed E-state index contributed by atoms with van der Waals surface area (Å²) < 4.78 is 6.77. The van der Waals surface area contributed by atoms with Crippen molar-refractivity contribution in [3.63, 3.8) is 0 Å². The third-order valence-electron chi connectivity index (χ3n) is 0.390. The number of hydrogen-bond donors (Lipinski definition) is 0. The van der Waals surface area contributed by atoms with Crippen LogP contribution >= 0.6 is 85.7 Å². The summed E-state index contributed by atoms with van der Waals surface area (Å²) >= 11 is 32.0. The van der Waals surface area contributed by atoms with E-state index in [2.05, 4.69) is 9.03 Å². The van der Waals surface area contributed by atoms with Crippen molar-refractivity contribution in [2.24, 2.45) is 9.03 Å². The molecule has 3 nitrogen and oxygen atoms in total. The molecule has 0 aromatic heterocycles. The van der Waals surface area contributed by atoms with Gasteiger partial charge in [-0.1, -0.05) is 22.5 Å². The van der Waals surface area contributed by atoms with E-state index >= 15 is 0 Å². The van der Waals surface area contributed by atoms with Crippen LogP contribution in [0.4, 0.5) is 0 Å². The summed E-state index contributed by atoms with van der Waals surface area (Å²) in [7, 11) is 0. The first kappa shape index (κ1) is 14.3. The molecule has 0 amide bonds. The number of rotatable bonds is 2. The molecule has 0 N–H and O–H groups in total. The fourth-order valence-electron chi connectivity index (χ4n) is 0.229. The molecule has 0 radical (unpaired) electrons. The predicted molar refractivity (Wildman–Crippen MR) is 64.1 cm³/mol. The normalized spacial score (nSPS) is 12.5. The fraction of sp³-hybridized carbons (Fsp3) is 0. The molecule has 0 aromatic carbocycles. The number of halogens is 6. The maximum atomic E-state index is 8.86. The fourth-order valence-corrected chi connectivity index (χ4v) is 11.4. The van der Waals surface area contributed by atoms with Crippen LogP contribution in [-0.2, 0) is 0 Å². The maximum Gasteiger partial charge on any atom is 0.446 e. The molecule has 0 spiro atoms. The van der Waals surface area contributed by atoms with E-state index < -0.39 is 18.2 Å². The first-order valence-corrected chi connectivity index (χ1v) is 12.1. The second-order valence-electron chi connectivity index (χ2n) is 1.31. The molecule has 0 saturated heterocycles. The van der Waals surface area contributed by atoms with Crippen molar-refractivity contribution < 1.29 is 0 Å². The molecule has 0 bridgehead atoms. The van der Waals surface area contributed by atoms with Gasteiger partial charge in [0.1, 0.15) is 0 Å². The highest BCUT2D eigenvalue weighted by Crippen LogP contribution is 2.76. The Morgan fingerprint density at radius 2 is 1.50 bits per heavy atom. The molecule has 0 heterocycles. The van der Waals surface area contributed by atoms with Crippen molar-refractivity contribution in [3.05, 3.63) is 5.16 Å². The molecule has 0 aliphatic carbocycles. The minimum absolute atomic E-state index is 1.69. The van der Waals surface area contributed by atoms with E-state index in [1.54, 1.807) is 0 Å². The summed E-state index contributed by atoms with van der Waals surface area (Å²) in [4.78, 5) is 0. The van der Waals surface area contributed by atoms with Crippen molar-refractivity contribution in [1.29, 1.82) is 0 Å². The van der Waals surface area contributed by atoms with Crippen LogP contribution in [0.25, 0.3) is 5.16 Å². The van der Waals surface area contributed by atoms with Gasteiger partial charge < -0.3 is 5.16 Å². The average Bonchev–Trinajstić information content (AvgIpc) is 1.48. The van der Waals surface area contributed by atoms with Crippen LogP contribution in [0, 0.1) is 0 Å². The van der Waals surface area contributed by atoms with Gasteiger partial charge in [0.05, 0.1) is 5.91 Å². The van der Waals surface area contributed by atoms with E-state index in [-0.39, 0.29) is 0 Å². The van der Waals surface area contributed by atoms with Gasteiger partial charge >= 0.3 is 6.42 Å². The molecule has 0 unspecified atom stereocenters. The monoisotopic (exact) mass is 345 g/mol. The lowest BCUT2D eigenvalue weighted by Gasteiger charge is -2.09. The minimum atomic E-state index is -3.44. The largest absolute Gasteiger partial charge is 0.764 e. The Balaban J connectivity index is 4.99. The summed E-state index contributed by atoms with van der Waals surface area (Å²) in [5.74, 6) is -6.56. The summed E-state index contributed by atoms with van der Waals surface area (Å²) in [5.41, 5.74) is 0. The first-order valence-electron chi connectivity index (χ1n) is 2.01. The van der Waals surface area contributed by atoms with E-state index in [0.717, 1.165) is 0 Å². The lowest BCUT2D eigenvalue weighted by Crippen LogP contribution is -1.47. The zero-order valence-electron chi connectivity index (χ0n) is 4.95. The maximum absolute atomic E-state index is 8.86. The highest BCUT2D eigenvalue weighted by molar-refractivity contribution is 8.20. The van der Waals surface area contributed by atoms with E-state index in [4.69, 9.17) is 72.6 Å². The number of nitrogens with zero attached hydrogens (tertiary/aromatic N) is 3. The smallest absolute Gasteiger partial charge is 0.446 e. The van der Waals surface area contributed by atoms with Gasteiger partial charge in [0.2, 0.25) is 22.5 Å². The Morgan fingerprint density at radius 3 is 1.75 bits per heavy atom. The lowest BCUT2D eigenvalue weighted by molar-refractivity contribution is 1.93. The van der Waals surface area contributed by atoms with E-state index in [0.29, 0.717) is 0 Å². The molecular formula is Cl6N3P3. The van der Waals surface area contributed by atoms with Gasteiger partial charge in [0.15, 0.2) is 0 Å². The van der Waals surface area contributed by atoms with Crippen LogP contribution in [0.2, 0.25) is 0 Å². The Bertz CT molecular complexity index is 276. The zero-order valence-corrected chi connectivity index (χ0v) is 12.2. The van der Waals surface area contributed by atoms with Gasteiger partial charge in [0, 0.05) is 0 Å². The van der Waals surface area contributed by atoms with Gasteiger partial charge in [0.25, 0.3) is 5.91 Å². The highest BCUT2D eigenvalue weighted by Gasteiger charge is 2.20. The average molecular weight is 348 g/mol. The molecule has 0 atom stereocenters. The second kappa shape index (κ2) is 5.40. The summed E-state index contributed by atoms with van der Waals surface area (Å²) in [6.07, 6.45) is -1.69. The molecule has 0 aromatic rings. The zero-order chi connectivity index (χ0) is 9.99. The quantitative estimate of drug-likeness (QED) is 0.468. The standard InChI is InChI=1S/Cl6N3P3/c1-10(2)8-12(5,6)9-11(3,4)7. The first-order chi connectivity index (χ1) is 5.12. The van der Waals surface area contributed by atoms with Crippen molar-refractivity contribution in [2.45, 2.75) is 0 Å². The van der Waals surface area contributed by atoms with Crippen LogP contribution < -0.4 is 0 Å². The molecule has 0 aliphatic rings. The molecular weight excluding hydrogens is 348 g/mol. The van der Waals surface area contributed by atoms with Gasteiger partial charge in [-0.05, 0) is 27.0 Å². The van der Waals surface area contributed by atoms with Gasteiger partial charge in [-0.15, -0.1) is 0 Å². The van der Waals surface area contributed by atoms with Gasteiger partial charge in [-0.25, -0.2) is 4.52 Å². The molecule has 0 rings (SSSR count).